The number of fused-ring (bicyclic) bond motifs is 1. The maximum absolute atomic E-state index is 14.0. The Kier molecular flexibility index (Phi) is 3.74. The van der Waals surface area contributed by atoms with Crippen LogP contribution in [0.1, 0.15) is 29.8 Å². The summed E-state index contributed by atoms with van der Waals surface area (Å²) in [6.45, 7) is 0. The van der Waals surface area contributed by atoms with Crippen LogP contribution in [-0.2, 0) is 0 Å². The number of hydrogen-bond acceptors (Lipinski definition) is 3. The molecule has 0 spiro atoms. The van der Waals surface area contributed by atoms with Crippen LogP contribution in [0.25, 0.3) is 0 Å². The predicted molar refractivity (Wildman–Crippen MR) is 77.3 cm³/mol. The summed E-state index contributed by atoms with van der Waals surface area (Å²) in [6, 6.07) is 9.65. The highest BCUT2D eigenvalue weighted by Gasteiger charge is 2.31. The number of aliphatic hydroxyl groups is 1. The van der Waals surface area contributed by atoms with Crippen molar-refractivity contribution in [3.8, 4) is 11.5 Å². The Morgan fingerprint density at radius 3 is 2.86 bits per heavy atom. The molecule has 2 aromatic rings. The molecule has 0 amide bonds. The number of ether oxygens (including phenoxy) is 2. The van der Waals surface area contributed by atoms with E-state index in [-0.39, 0.29) is 12.0 Å². The van der Waals surface area contributed by atoms with Gasteiger partial charge in [-0.05, 0) is 30.3 Å². The summed E-state index contributed by atoms with van der Waals surface area (Å²) in [5.74, 6) is 0.717. The second-order valence-corrected chi connectivity index (χ2v) is 5.30. The summed E-state index contributed by atoms with van der Waals surface area (Å²) in [5, 5.41) is 10.6. The first-order chi connectivity index (χ1) is 10.1. The maximum Gasteiger partial charge on any atom is 0.131 e. The van der Waals surface area contributed by atoms with Crippen molar-refractivity contribution in [2.75, 3.05) is 7.11 Å². The summed E-state index contributed by atoms with van der Waals surface area (Å²) in [6.07, 6.45) is -1.14. The molecule has 1 heterocycles. The van der Waals surface area contributed by atoms with Crippen molar-refractivity contribution < 1.29 is 19.0 Å². The maximum atomic E-state index is 14.0. The van der Waals surface area contributed by atoms with Gasteiger partial charge in [0.1, 0.15) is 23.4 Å². The van der Waals surface area contributed by atoms with Crippen molar-refractivity contribution in [1.29, 1.82) is 0 Å². The van der Waals surface area contributed by atoms with E-state index in [4.69, 9.17) is 21.1 Å². The van der Waals surface area contributed by atoms with Gasteiger partial charge >= 0.3 is 0 Å². The van der Waals surface area contributed by atoms with E-state index in [2.05, 4.69) is 0 Å². The molecule has 2 aromatic carbocycles. The lowest BCUT2D eigenvalue weighted by Gasteiger charge is -2.30. The molecule has 1 aliphatic heterocycles. The third-order valence-electron chi connectivity index (χ3n) is 3.60. The SMILES string of the molecule is COc1ccc2c(c1)C(O)CC(c1c(F)cccc1Cl)O2. The fraction of sp³-hybridized carbons (Fsp3) is 0.250. The number of aliphatic hydroxyl groups excluding tert-OH is 1. The summed E-state index contributed by atoms with van der Waals surface area (Å²) in [7, 11) is 1.56. The summed E-state index contributed by atoms with van der Waals surface area (Å²) < 4.78 is 24.9. The molecule has 0 saturated heterocycles. The number of rotatable bonds is 2. The van der Waals surface area contributed by atoms with Gasteiger partial charge in [0.2, 0.25) is 0 Å². The van der Waals surface area contributed by atoms with Crippen molar-refractivity contribution in [2.24, 2.45) is 0 Å². The molecule has 3 nitrogen and oxygen atoms in total. The minimum absolute atomic E-state index is 0.237. The fourth-order valence-corrected chi connectivity index (χ4v) is 2.83. The van der Waals surface area contributed by atoms with Crippen LogP contribution in [0.4, 0.5) is 4.39 Å². The zero-order valence-electron chi connectivity index (χ0n) is 11.3. The van der Waals surface area contributed by atoms with Crippen LogP contribution in [0, 0.1) is 5.82 Å². The van der Waals surface area contributed by atoms with Crippen LogP contribution in [0.3, 0.4) is 0 Å². The molecule has 0 bridgehead atoms. The Hall–Kier alpha value is -1.78. The van der Waals surface area contributed by atoms with Crippen LogP contribution in [-0.4, -0.2) is 12.2 Å². The lowest BCUT2D eigenvalue weighted by molar-refractivity contribution is 0.0638. The highest BCUT2D eigenvalue weighted by Crippen LogP contribution is 2.44. The zero-order valence-corrected chi connectivity index (χ0v) is 12.1. The minimum atomic E-state index is -0.760. The molecular formula is C16H14ClFO3. The van der Waals surface area contributed by atoms with Crippen molar-refractivity contribution in [3.05, 3.63) is 58.4 Å². The Morgan fingerprint density at radius 2 is 2.14 bits per heavy atom. The molecule has 21 heavy (non-hydrogen) atoms. The third kappa shape index (κ3) is 2.57. The molecule has 0 aliphatic carbocycles. The predicted octanol–water partition coefficient (Wildman–Crippen LogP) is 4.04. The lowest BCUT2D eigenvalue weighted by atomic mass is 9.94. The Labute approximate surface area is 126 Å². The van der Waals surface area contributed by atoms with Crippen molar-refractivity contribution in [1.82, 2.24) is 0 Å². The average molecular weight is 309 g/mol. The standard InChI is InChI=1S/C16H14ClFO3/c1-20-9-5-6-14-10(7-9)13(19)8-15(21-14)16-11(17)3-2-4-12(16)18/h2-7,13,15,19H,8H2,1H3. The largest absolute Gasteiger partial charge is 0.497 e. The van der Waals surface area contributed by atoms with Crippen LogP contribution < -0.4 is 9.47 Å². The van der Waals surface area contributed by atoms with E-state index in [9.17, 15) is 9.50 Å². The van der Waals surface area contributed by atoms with Gasteiger partial charge in [0.05, 0.1) is 18.2 Å². The topological polar surface area (TPSA) is 38.7 Å². The molecule has 3 rings (SSSR count). The van der Waals surface area contributed by atoms with Gasteiger partial charge in [-0.15, -0.1) is 0 Å². The Balaban J connectivity index is 1.99. The first kappa shape index (κ1) is 14.2. The van der Waals surface area contributed by atoms with Crippen molar-refractivity contribution >= 4 is 11.6 Å². The van der Waals surface area contributed by atoms with E-state index in [0.29, 0.717) is 22.1 Å². The summed E-state index contributed by atoms with van der Waals surface area (Å²) in [4.78, 5) is 0. The normalized spacial score (nSPS) is 20.6. The fourth-order valence-electron chi connectivity index (χ4n) is 2.55. The van der Waals surface area contributed by atoms with Crippen LogP contribution in [0.5, 0.6) is 11.5 Å². The van der Waals surface area contributed by atoms with E-state index < -0.39 is 18.0 Å². The molecule has 2 atom stereocenters. The van der Waals surface area contributed by atoms with E-state index in [1.165, 1.54) is 6.07 Å². The van der Waals surface area contributed by atoms with Gasteiger partial charge in [-0.2, -0.15) is 0 Å². The van der Waals surface area contributed by atoms with Crippen molar-refractivity contribution in [3.63, 3.8) is 0 Å². The molecule has 1 N–H and O–H groups in total. The quantitative estimate of drug-likeness (QED) is 0.910. The molecule has 110 valence electrons. The van der Waals surface area contributed by atoms with Gasteiger partial charge in [0.25, 0.3) is 0 Å². The highest BCUT2D eigenvalue weighted by molar-refractivity contribution is 6.31. The van der Waals surface area contributed by atoms with Gasteiger partial charge in [-0.3, -0.25) is 0 Å². The molecule has 2 unspecified atom stereocenters. The molecule has 0 saturated carbocycles. The lowest BCUT2D eigenvalue weighted by Crippen LogP contribution is -2.20. The number of benzene rings is 2. The minimum Gasteiger partial charge on any atom is -0.497 e. The molecule has 0 fully saturated rings. The van der Waals surface area contributed by atoms with Crippen molar-refractivity contribution in [2.45, 2.75) is 18.6 Å². The van der Waals surface area contributed by atoms with E-state index >= 15 is 0 Å². The van der Waals surface area contributed by atoms with E-state index in [1.54, 1.807) is 37.4 Å². The summed E-state index contributed by atoms with van der Waals surface area (Å²) in [5.41, 5.74) is 0.915. The molecule has 5 heteroatoms. The van der Waals surface area contributed by atoms with E-state index in [0.717, 1.165) is 0 Å². The second-order valence-electron chi connectivity index (χ2n) is 4.90. The smallest absolute Gasteiger partial charge is 0.131 e. The van der Waals surface area contributed by atoms with Gasteiger partial charge < -0.3 is 14.6 Å². The zero-order chi connectivity index (χ0) is 15.0. The van der Waals surface area contributed by atoms with E-state index in [1.807, 2.05) is 0 Å². The van der Waals surface area contributed by atoms with Crippen LogP contribution in [0.15, 0.2) is 36.4 Å². The average Bonchev–Trinajstić information content (AvgIpc) is 2.47. The molecule has 1 aliphatic rings. The van der Waals surface area contributed by atoms with Crippen LogP contribution in [0.2, 0.25) is 5.02 Å². The molecular weight excluding hydrogens is 295 g/mol. The van der Waals surface area contributed by atoms with Gasteiger partial charge in [-0.1, -0.05) is 17.7 Å². The Morgan fingerprint density at radius 1 is 1.33 bits per heavy atom. The monoisotopic (exact) mass is 308 g/mol. The van der Waals surface area contributed by atoms with Crippen LogP contribution >= 0.6 is 11.6 Å². The van der Waals surface area contributed by atoms with Gasteiger partial charge in [0, 0.05) is 17.5 Å². The van der Waals surface area contributed by atoms with Gasteiger partial charge in [-0.25, -0.2) is 4.39 Å². The number of methoxy groups -OCH3 is 1. The van der Waals surface area contributed by atoms with Gasteiger partial charge in [0.15, 0.2) is 0 Å². The molecule has 0 radical (unpaired) electrons. The number of halogens is 2. The summed E-state index contributed by atoms with van der Waals surface area (Å²) >= 11 is 6.06. The first-order valence-electron chi connectivity index (χ1n) is 6.56. The third-order valence-corrected chi connectivity index (χ3v) is 3.93. The first-order valence-corrected chi connectivity index (χ1v) is 6.94. The number of hydrogen-bond donors (Lipinski definition) is 1. The highest BCUT2D eigenvalue weighted by atomic mass is 35.5. The second kappa shape index (κ2) is 5.54. The Bertz CT molecular complexity index is 654. The molecule has 0 aromatic heterocycles.